The summed E-state index contributed by atoms with van der Waals surface area (Å²) in [6, 6.07) is 13.4. The Kier molecular flexibility index (Phi) is 3.35. The van der Waals surface area contributed by atoms with Crippen LogP contribution in [0.5, 0.6) is 0 Å². The summed E-state index contributed by atoms with van der Waals surface area (Å²) in [6.07, 6.45) is 3.01. The average Bonchev–Trinajstić information content (AvgIpc) is 2.96. The number of nitrogens with zero attached hydrogens (tertiary/aromatic N) is 3. The van der Waals surface area contributed by atoms with E-state index in [4.69, 9.17) is 4.74 Å². The zero-order valence-corrected chi connectivity index (χ0v) is 12.3. The van der Waals surface area contributed by atoms with E-state index in [1.165, 1.54) is 18.2 Å². The Labute approximate surface area is 136 Å². The summed E-state index contributed by atoms with van der Waals surface area (Å²) >= 11 is 0. The number of cyclic esters (lactones) is 1. The predicted octanol–water partition coefficient (Wildman–Crippen LogP) is 3.11. The number of aliphatic imine (C=N–C) groups is 1. The van der Waals surface area contributed by atoms with Crippen LogP contribution in [0, 0.1) is 5.82 Å². The van der Waals surface area contributed by atoms with E-state index < -0.39 is 11.8 Å². The SMILES string of the molecule is O=C1OC(c2ccccc2F)=N/C1=C\c1cnc2ccccc2n1. The smallest absolute Gasteiger partial charge is 0.363 e. The van der Waals surface area contributed by atoms with Gasteiger partial charge in [0.05, 0.1) is 28.5 Å². The highest BCUT2D eigenvalue weighted by Gasteiger charge is 2.26. The summed E-state index contributed by atoms with van der Waals surface area (Å²) in [6.45, 7) is 0. The summed E-state index contributed by atoms with van der Waals surface area (Å²) in [5, 5.41) is 0. The van der Waals surface area contributed by atoms with E-state index in [-0.39, 0.29) is 17.2 Å². The monoisotopic (exact) mass is 319 g/mol. The minimum absolute atomic E-state index is 0.0536. The minimum atomic E-state index is -0.650. The van der Waals surface area contributed by atoms with E-state index in [0.717, 1.165) is 5.52 Å². The molecular formula is C18H10FN3O2. The Morgan fingerprint density at radius 3 is 2.58 bits per heavy atom. The molecule has 0 saturated carbocycles. The number of halogens is 1. The van der Waals surface area contributed by atoms with E-state index in [2.05, 4.69) is 15.0 Å². The van der Waals surface area contributed by atoms with Crippen LogP contribution < -0.4 is 0 Å². The van der Waals surface area contributed by atoms with Gasteiger partial charge in [-0.05, 0) is 30.3 Å². The van der Waals surface area contributed by atoms with Gasteiger partial charge in [-0.3, -0.25) is 4.98 Å². The molecular weight excluding hydrogens is 309 g/mol. The van der Waals surface area contributed by atoms with Crippen molar-refractivity contribution >= 4 is 29.0 Å². The molecule has 0 atom stereocenters. The van der Waals surface area contributed by atoms with Gasteiger partial charge in [-0.25, -0.2) is 19.2 Å². The van der Waals surface area contributed by atoms with E-state index >= 15 is 0 Å². The van der Waals surface area contributed by atoms with Gasteiger partial charge in [-0.1, -0.05) is 24.3 Å². The second-order valence-corrected chi connectivity index (χ2v) is 5.10. The van der Waals surface area contributed by atoms with Crippen molar-refractivity contribution in [1.29, 1.82) is 0 Å². The normalized spacial score (nSPS) is 15.6. The molecule has 0 fully saturated rings. The second-order valence-electron chi connectivity index (χ2n) is 5.10. The standard InChI is InChI=1S/C18H10FN3O2/c19-13-6-2-1-5-12(13)17-22-16(18(23)24-17)9-11-10-20-14-7-3-4-8-15(14)21-11/h1-10H/b16-9-. The van der Waals surface area contributed by atoms with Crippen LogP contribution in [0.25, 0.3) is 17.1 Å². The van der Waals surface area contributed by atoms with E-state index in [1.54, 1.807) is 18.3 Å². The van der Waals surface area contributed by atoms with E-state index in [1.807, 2.05) is 24.3 Å². The maximum Gasteiger partial charge on any atom is 0.363 e. The molecule has 1 aromatic heterocycles. The summed E-state index contributed by atoms with van der Waals surface area (Å²) in [5.41, 5.74) is 2.12. The van der Waals surface area contributed by atoms with Gasteiger partial charge in [-0.15, -0.1) is 0 Å². The van der Waals surface area contributed by atoms with Crippen LogP contribution in [0.2, 0.25) is 0 Å². The third kappa shape index (κ3) is 2.54. The topological polar surface area (TPSA) is 64.4 Å². The van der Waals surface area contributed by atoms with Crippen molar-refractivity contribution in [3.05, 3.63) is 77.5 Å². The third-order valence-electron chi connectivity index (χ3n) is 3.48. The fourth-order valence-corrected chi connectivity index (χ4v) is 2.34. The highest BCUT2D eigenvalue weighted by Crippen LogP contribution is 2.20. The molecule has 1 aliphatic rings. The molecule has 0 unspecified atom stereocenters. The molecule has 0 saturated heterocycles. The Morgan fingerprint density at radius 1 is 1.00 bits per heavy atom. The predicted molar refractivity (Wildman–Crippen MR) is 86.5 cm³/mol. The molecule has 2 aromatic carbocycles. The number of fused-ring (bicyclic) bond motifs is 1. The van der Waals surface area contributed by atoms with Crippen LogP contribution in [0.1, 0.15) is 11.3 Å². The van der Waals surface area contributed by atoms with Crippen molar-refractivity contribution < 1.29 is 13.9 Å². The van der Waals surface area contributed by atoms with Crippen LogP contribution in [0.3, 0.4) is 0 Å². The quantitative estimate of drug-likeness (QED) is 0.538. The molecule has 1 aliphatic heterocycles. The van der Waals surface area contributed by atoms with Gasteiger partial charge >= 0.3 is 5.97 Å². The maximum absolute atomic E-state index is 13.8. The van der Waals surface area contributed by atoms with Crippen molar-refractivity contribution in [3.63, 3.8) is 0 Å². The van der Waals surface area contributed by atoms with Gasteiger partial charge in [0, 0.05) is 0 Å². The van der Waals surface area contributed by atoms with Gasteiger partial charge in [0.15, 0.2) is 5.70 Å². The number of hydrogen-bond donors (Lipinski definition) is 0. The summed E-state index contributed by atoms with van der Waals surface area (Å²) < 4.78 is 18.8. The van der Waals surface area contributed by atoms with Crippen LogP contribution in [-0.2, 0) is 9.53 Å². The fraction of sp³-hybridized carbons (Fsp3) is 0. The molecule has 0 radical (unpaired) electrons. The highest BCUT2D eigenvalue weighted by atomic mass is 19.1. The Balaban J connectivity index is 1.73. The van der Waals surface area contributed by atoms with Crippen LogP contribution in [0.4, 0.5) is 4.39 Å². The fourth-order valence-electron chi connectivity index (χ4n) is 2.34. The number of aromatic nitrogens is 2. The van der Waals surface area contributed by atoms with Crippen molar-refractivity contribution in [2.75, 3.05) is 0 Å². The molecule has 116 valence electrons. The van der Waals surface area contributed by atoms with E-state index in [9.17, 15) is 9.18 Å². The molecule has 6 heteroatoms. The lowest BCUT2D eigenvalue weighted by atomic mass is 10.2. The van der Waals surface area contributed by atoms with Crippen LogP contribution in [-0.4, -0.2) is 21.8 Å². The number of carbonyl (C=O) groups is 1. The number of carbonyl (C=O) groups excluding carboxylic acids is 1. The lowest BCUT2D eigenvalue weighted by Crippen LogP contribution is -2.07. The van der Waals surface area contributed by atoms with E-state index in [0.29, 0.717) is 11.2 Å². The number of benzene rings is 2. The zero-order valence-electron chi connectivity index (χ0n) is 12.3. The Hall–Kier alpha value is -3.41. The molecule has 4 rings (SSSR count). The minimum Gasteiger partial charge on any atom is -0.402 e. The molecule has 0 spiro atoms. The largest absolute Gasteiger partial charge is 0.402 e. The van der Waals surface area contributed by atoms with Gasteiger partial charge < -0.3 is 4.74 Å². The zero-order chi connectivity index (χ0) is 16.5. The number of hydrogen-bond acceptors (Lipinski definition) is 5. The van der Waals surface area contributed by atoms with Crippen molar-refractivity contribution in [2.24, 2.45) is 4.99 Å². The van der Waals surface area contributed by atoms with Gasteiger partial charge in [0.2, 0.25) is 5.90 Å². The first kappa shape index (κ1) is 14.2. The summed E-state index contributed by atoms with van der Waals surface area (Å²) in [4.78, 5) is 24.7. The van der Waals surface area contributed by atoms with Crippen molar-refractivity contribution in [1.82, 2.24) is 9.97 Å². The maximum atomic E-state index is 13.8. The van der Waals surface area contributed by atoms with Gasteiger partial charge in [-0.2, -0.15) is 0 Å². The average molecular weight is 319 g/mol. The summed E-state index contributed by atoms with van der Waals surface area (Å²) in [5.74, 6) is -1.21. The van der Waals surface area contributed by atoms with Crippen LogP contribution >= 0.6 is 0 Å². The lowest BCUT2D eigenvalue weighted by Gasteiger charge is -1.99. The Bertz CT molecular complexity index is 1030. The highest BCUT2D eigenvalue weighted by molar-refractivity contribution is 6.12. The van der Waals surface area contributed by atoms with Crippen molar-refractivity contribution in [2.45, 2.75) is 0 Å². The van der Waals surface area contributed by atoms with Crippen LogP contribution in [0.15, 0.2) is 65.4 Å². The first-order valence-corrected chi connectivity index (χ1v) is 7.20. The molecule has 24 heavy (non-hydrogen) atoms. The molecule has 0 N–H and O–H groups in total. The third-order valence-corrected chi connectivity index (χ3v) is 3.48. The summed E-state index contributed by atoms with van der Waals surface area (Å²) in [7, 11) is 0. The van der Waals surface area contributed by atoms with Crippen molar-refractivity contribution in [3.8, 4) is 0 Å². The first-order chi connectivity index (χ1) is 11.7. The molecule has 0 aliphatic carbocycles. The molecule has 0 bridgehead atoms. The Morgan fingerprint density at radius 2 is 1.75 bits per heavy atom. The van der Waals surface area contributed by atoms with Gasteiger partial charge in [0.25, 0.3) is 0 Å². The second kappa shape index (κ2) is 5.66. The lowest BCUT2D eigenvalue weighted by molar-refractivity contribution is -0.129. The number of para-hydroxylation sites is 2. The molecule has 0 amide bonds. The molecule has 5 nitrogen and oxygen atoms in total. The molecule has 2 heterocycles. The number of ether oxygens (including phenoxy) is 1. The van der Waals surface area contributed by atoms with Gasteiger partial charge in [0.1, 0.15) is 5.82 Å². The number of esters is 1. The molecule has 3 aromatic rings. The first-order valence-electron chi connectivity index (χ1n) is 7.20. The number of rotatable bonds is 2.